The van der Waals surface area contributed by atoms with Crippen LogP contribution in [0.25, 0.3) is 0 Å². The molecule has 0 bridgehead atoms. The maximum Gasteiger partial charge on any atom is 0.315 e. The van der Waals surface area contributed by atoms with Gasteiger partial charge in [0.25, 0.3) is 0 Å². The standard InChI is InChI=1S/C20H30N4O2.ClH/c1-15-11-17(12-21)14-24(15)18(25)20(9-5-6-10-20)23-19(26)22-13-16-7-3-2-4-8-16;/h2-4,7-8,15,17H,5-6,9-14,21H2,1H3,(H2,22,23,26);1H. The van der Waals surface area contributed by atoms with E-state index >= 15 is 0 Å². The van der Waals surface area contributed by atoms with Crippen LogP contribution in [0, 0.1) is 5.92 Å². The van der Waals surface area contributed by atoms with Crippen LogP contribution in [-0.2, 0) is 11.3 Å². The Balaban J connectivity index is 0.00000261. The van der Waals surface area contributed by atoms with Gasteiger partial charge in [-0.25, -0.2) is 4.79 Å². The van der Waals surface area contributed by atoms with Crippen molar-refractivity contribution in [2.45, 2.75) is 57.2 Å². The van der Waals surface area contributed by atoms with Crippen molar-refractivity contribution in [2.24, 2.45) is 11.7 Å². The molecule has 1 aliphatic heterocycles. The van der Waals surface area contributed by atoms with Gasteiger partial charge in [0, 0.05) is 19.1 Å². The molecule has 0 aromatic heterocycles. The van der Waals surface area contributed by atoms with Crippen molar-refractivity contribution in [1.82, 2.24) is 15.5 Å². The van der Waals surface area contributed by atoms with Gasteiger partial charge in [-0.15, -0.1) is 12.4 Å². The Labute approximate surface area is 167 Å². The molecule has 1 saturated carbocycles. The maximum atomic E-state index is 13.3. The number of halogens is 1. The van der Waals surface area contributed by atoms with Gasteiger partial charge in [-0.05, 0) is 44.2 Å². The molecule has 27 heavy (non-hydrogen) atoms. The fourth-order valence-corrected chi connectivity index (χ4v) is 4.28. The molecule has 3 rings (SSSR count). The molecule has 4 N–H and O–H groups in total. The number of hydrogen-bond acceptors (Lipinski definition) is 3. The summed E-state index contributed by atoms with van der Waals surface area (Å²) in [5.74, 6) is 0.424. The highest BCUT2D eigenvalue weighted by atomic mass is 35.5. The fraction of sp³-hybridized carbons (Fsp3) is 0.600. The first-order chi connectivity index (χ1) is 12.5. The van der Waals surface area contributed by atoms with Crippen molar-refractivity contribution >= 4 is 24.3 Å². The normalized spacial score (nSPS) is 23.6. The average Bonchev–Trinajstić information content (AvgIpc) is 3.27. The van der Waals surface area contributed by atoms with Crippen LogP contribution in [0.1, 0.15) is 44.6 Å². The van der Waals surface area contributed by atoms with Crippen LogP contribution in [0.15, 0.2) is 30.3 Å². The smallest absolute Gasteiger partial charge is 0.315 e. The number of likely N-dealkylation sites (tertiary alicyclic amines) is 1. The summed E-state index contributed by atoms with van der Waals surface area (Å²) in [4.78, 5) is 27.7. The van der Waals surface area contributed by atoms with E-state index in [0.29, 0.717) is 38.4 Å². The quantitative estimate of drug-likeness (QED) is 0.716. The number of nitrogens with zero attached hydrogens (tertiary/aromatic N) is 1. The molecule has 1 saturated heterocycles. The minimum absolute atomic E-state index is 0. The Bertz CT molecular complexity index is 634. The zero-order chi connectivity index (χ0) is 18.6. The molecular weight excluding hydrogens is 364 g/mol. The lowest BCUT2D eigenvalue weighted by Gasteiger charge is -2.35. The minimum Gasteiger partial charge on any atom is -0.338 e. The van der Waals surface area contributed by atoms with Gasteiger partial charge < -0.3 is 21.3 Å². The lowest BCUT2D eigenvalue weighted by molar-refractivity contribution is -0.138. The van der Waals surface area contributed by atoms with Gasteiger partial charge in [0.2, 0.25) is 5.91 Å². The van der Waals surface area contributed by atoms with Gasteiger partial charge in [-0.2, -0.15) is 0 Å². The molecule has 6 nitrogen and oxygen atoms in total. The van der Waals surface area contributed by atoms with E-state index in [2.05, 4.69) is 17.6 Å². The van der Waals surface area contributed by atoms with Crippen molar-refractivity contribution in [1.29, 1.82) is 0 Å². The van der Waals surface area contributed by atoms with E-state index in [1.165, 1.54) is 0 Å². The summed E-state index contributed by atoms with van der Waals surface area (Å²) < 4.78 is 0. The van der Waals surface area contributed by atoms with E-state index in [1.54, 1.807) is 0 Å². The van der Waals surface area contributed by atoms with E-state index in [4.69, 9.17) is 5.73 Å². The van der Waals surface area contributed by atoms with Gasteiger partial charge in [0.1, 0.15) is 5.54 Å². The SMILES string of the molecule is CC1CC(CN)CN1C(=O)C1(NC(=O)NCc2ccccc2)CCCC1.Cl. The third kappa shape index (κ3) is 4.93. The average molecular weight is 395 g/mol. The molecule has 2 atom stereocenters. The number of hydrogen-bond donors (Lipinski definition) is 3. The second kappa shape index (κ2) is 9.42. The van der Waals surface area contributed by atoms with Crippen LogP contribution >= 0.6 is 12.4 Å². The van der Waals surface area contributed by atoms with Crippen molar-refractivity contribution in [3.8, 4) is 0 Å². The summed E-state index contributed by atoms with van der Waals surface area (Å²) in [6, 6.07) is 9.68. The number of rotatable bonds is 5. The zero-order valence-electron chi connectivity index (χ0n) is 15.9. The molecule has 0 spiro atoms. The first kappa shape index (κ1) is 21.5. The van der Waals surface area contributed by atoms with Crippen LogP contribution in [0.4, 0.5) is 4.79 Å². The van der Waals surface area contributed by atoms with E-state index in [-0.39, 0.29) is 30.4 Å². The van der Waals surface area contributed by atoms with Gasteiger partial charge in [0.05, 0.1) is 0 Å². The third-order valence-corrected chi connectivity index (χ3v) is 5.77. The molecule has 150 valence electrons. The summed E-state index contributed by atoms with van der Waals surface area (Å²) in [6.07, 6.45) is 4.29. The number of carbonyl (C=O) groups is 2. The van der Waals surface area contributed by atoms with Gasteiger partial charge in [0.15, 0.2) is 0 Å². The summed E-state index contributed by atoms with van der Waals surface area (Å²) in [6.45, 7) is 3.83. The molecule has 7 heteroatoms. The molecule has 0 radical (unpaired) electrons. The summed E-state index contributed by atoms with van der Waals surface area (Å²) in [5, 5.41) is 5.91. The minimum atomic E-state index is -0.765. The lowest BCUT2D eigenvalue weighted by atomic mass is 9.95. The lowest BCUT2D eigenvalue weighted by Crippen LogP contribution is -2.60. The number of urea groups is 1. The largest absolute Gasteiger partial charge is 0.338 e. The summed E-state index contributed by atoms with van der Waals surface area (Å²) >= 11 is 0. The Morgan fingerprint density at radius 1 is 1.22 bits per heavy atom. The van der Waals surface area contributed by atoms with E-state index < -0.39 is 5.54 Å². The number of nitrogens with two attached hydrogens (primary N) is 1. The van der Waals surface area contributed by atoms with E-state index in [1.807, 2.05) is 35.2 Å². The molecule has 2 aliphatic rings. The Kier molecular flexibility index (Phi) is 7.50. The molecule has 2 unspecified atom stereocenters. The third-order valence-electron chi connectivity index (χ3n) is 5.77. The highest BCUT2D eigenvalue weighted by molar-refractivity contribution is 5.91. The Hall–Kier alpha value is -1.79. The number of amides is 3. The molecule has 2 fully saturated rings. The predicted octanol–water partition coefficient (Wildman–Crippen LogP) is 2.42. The van der Waals surface area contributed by atoms with E-state index in [0.717, 1.165) is 24.8 Å². The van der Waals surface area contributed by atoms with E-state index in [9.17, 15) is 9.59 Å². The van der Waals surface area contributed by atoms with Gasteiger partial charge >= 0.3 is 6.03 Å². The fourth-order valence-electron chi connectivity index (χ4n) is 4.28. The molecule has 1 aromatic carbocycles. The number of benzene rings is 1. The van der Waals surface area contributed by atoms with Crippen LogP contribution in [-0.4, -0.2) is 41.5 Å². The van der Waals surface area contributed by atoms with Crippen LogP contribution < -0.4 is 16.4 Å². The van der Waals surface area contributed by atoms with Crippen molar-refractivity contribution in [3.63, 3.8) is 0 Å². The first-order valence-electron chi connectivity index (χ1n) is 9.65. The van der Waals surface area contributed by atoms with Crippen molar-refractivity contribution < 1.29 is 9.59 Å². The summed E-state index contributed by atoms with van der Waals surface area (Å²) in [5.41, 5.74) is 6.07. The molecule has 1 aromatic rings. The number of carbonyl (C=O) groups excluding carboxylic acids is 2. The van der Waals surface area contributed by atoms with Crippen LogP contribution in [0.2, 0.25) is 0 Å². The summed E-state index contributed by atoms with van der Waals surface area (Å²) in [7, 11) is 0. The van der Waals surface area contributed by atoms with Crippen LogP contribution in [0.5, 0.6) is 0 Å². The van der Waals surface area contributed by atoms with Crippen LogP contribution in [0.3, 0.4) is 0 Å². The second-order valence-electron chi connectivity index (χ2n) is 7.73. The second-order valence-corrected chi connectivity index (χ2v) is 7.73. The number of nitrogens with one attached hydrogen (secondary N) is 2. The molecule has 1 heterocycles. The predicted molar refractivity (Wildman–Crippen MR) is 109 cm³/mol. The highest BCUT2D eigenvalue weighted by Crippen LogP contribution is 2.34. The Morgan fingerprint density at radius 2 is 1.89 bits per heavy atom. The van der Waals surface area contributed by atoms with Gasteiger partial charge in [-0.1, -0.05) is 43.2 Å². The molecular formula is C20H31ClN4O2. The maximum absolute atomic E-state index is 13.3. The van der Waals surface area contributed by atoms with Crippen molar-refractivity contribution in [2.75, 3.05) is 13.1 Å². The topological polar surface area (TPSA) is 87.5 Å². The van der Waals surface area contributed by atoms with Crippen molar-refractivity contribution in [3.05, 3.63) is 35.9 Å². The molecule has 3 amide bonds. The zero-order valence-corrected chi connectivity index (χ0v) is 16.8. The highest BCUT2D eigenvalue weighted by Gasteiger charge is 2.47. The molecule has 1 aliphatic carbocycles. The van der Waals surface area contributed by atoms with Gasteiger partial charge in [-0.3, -0.25) is 4.79 Å². The Morgan fingerprint density at radius 3 is 2.48 bits per heavy atom. The first-order valence-corrected chi connectivity index (χ1v) is 9.65. The monoisotopic (exact) mass is 394 g/mol.